The van der Waals surface area contributed by atoms with Gasteiger partial charge in [0, 0.05) is 10.6 Å². The summed E-state index contributed by atoms with van der Waals surface area (Å²) in [5, 5.41) is 5.15. The number of thioether (sulfide) groups is 1. The first kappa shape index (κ1) is 18.5. The number of carbonyl (C=O) groups excluding carboxylic acids is 1. The van der Waals surface area contributed by atoms with Crippen LogP contribution in [0.25, 0.3) is 5.69 Å². The van der Waals surface area contributed by atoms with Gasteiger partial charge in [-0.25, -0.2) is 4.68 Å². The van der Waals surface area contributed by atoms with E-state index in [4.69, 9.17) is 33.3 Å². The van der Waals surface area contributed by atoms with Gasteiger partial charge in [0.05, 0.1) is 11.4 Å². The van der Waals surface area contributed by atoms with E-state index >= 15 is 0 Å². The molecule has 0 saturated carbocycles. The fourth-order valence-electron chi connectivity index (χ4n) is 2.49. The lowest BCUT2D eigenvalue weighted by Crippen LogP contribution is -2.16. The van der Waals surface area contributed by atoms with Crippen LogP contribution < -0.4 is 9.47 Å². The van der Waals surface area contributed by atoms with Crippen molar-refractivity contribution in [3.8, 4) is 17.2 Å². The minimum Gasteiger partial charge on any atom is -0.486 e. The van der Waals surface area contributed by atoms with Crippen molar-refractivity contribution in [1.82, 2.24) is 9.78 Å². The number of Topliss-reactive ketones (excluding diaryl/α,β-unsaturated/α-hetero) is 1. The molecule has 0 radical (unpaired) electrons. The molecule has 0 spiro atoms. The van der Waals surface area contributed by atoms with Crippen LogP contribution in [-0.2, 0) is 0 Å². The van der Waals surface area contributed by atoms with Crippen LogP contribution in [0.5, 0.6) is 11.5 Å². The molecular weight excluding hydrogens is 424 g/mol. The number of hydrogen-bond acceptors (Lipinski definition) is 7. The second kappa shape index (κ2) is 8.02. The van der Waals surface area contributed by atoms with Crippen molar-refractivity contribution < 1.29 is 14.3 Å². The zero-order valence-electron chi connectivity index (χ0n) is 13.9. The molecule has 1 aromatic heterocycles. The summed E-state index contributed by atoms with van der Waals surface area (Å²) >= 11 is 14.0. The normalized spacial score (nSPS) is 12.8. The molecule has 0 amide bonds. The smallest absolute Gasteiger partial charge is 0.184 e. The molecule has 2 heterocycles. The number of rotatable bonds is 5. The van der Waals surface area contributed by atoms with E-state index in [0.717, 1.165) is 10.0 Å². The third-order valence-corrected chi connectivity index (χ3v) is 6.41. The van der Waals surface area contributed by atoms with E-state index in [1.807, 2.05) is 12.1 Å². The number of benzene rings is 2. The Hall–Kier alpha value is -1.87. The van der Waals surface area contributed by atoms with Crippen LogP contribution in [0.2, 0.25) is 5.02 Å². The van der Waals surface area contributed by atoms with Gasteiger partial charge in [-0.2, -0.15) is 0 Å². The van der Waals surface area contributed by atoms with Gasteiger partial charge in [0.15, 0.2) is 25.6 Å². The maximum absolute atomic E-state index is 12.5. The summed E-state index contributed by atoms with van der Waals surface area (Å²) in [4.78, 5) is 12.5. The standard InChI is InChI=1S/C18H13ClN2O3S3/c19-12-2-4-13(5-3-12)21-18(25)27-17(20-21)26-10-14(22)11-1-6-15-16(9-11)24-8-7-23-15/h1-6,9H,7-8,10H2. The van der Waals surface area contributed by atoms with E-state index < -0.39 is 0 Å². The third-order valence-electron chi connectivity index (χ3n) is 3.79. The van der Waals surface area contributed by atoms with Crippen LogP contribution in [0.4, 0.5) is 0 Å². The Morgan fingerprint density at radius 2 is 1.93 bits per heavy atom. The molecule has 0 aliphatic carbocycles. The topological polar surface area (TPSA) is 53.4 Å². The van der Waals surface area contributed by atoms with Crippen LogP contribution in [0.3, 0.4) is 0 Å². The van der Waals surface area contributed by atoms with Crippen molar-refractivity contribution in [3.63, 3.8) is 0 Å². The molecule has 5 nitrogen and oxygen atoms in total. The average molecular weight is 437 g/mol. The lowest BCUT2D eigenvalue weighted by atomic mass is 10.1. The number of hydrogen-bond donors (Lipinski definition) is 0. The minimum absolute atomic E-state index is 0.00358. The molecular formula is C18H13ClN2O3S3. The second-order valence-electron chi connectivity index (χ2n) is 5.59. The molecule has 0 bridgehead atoms. The molecule has 4 rings (SSSR count). The summed E-state index contributed by atoms with van der Waals surface area (Å²) in [6.45, 7) is 1.02. The first-order chi connectivity index (χ1) is 13.1. The van der Waals surface area contributed by atoms with Gasteiger partial charge in [-0.3, -0.25) is 4.79 Å². The van der Waals surface area contributed by atoms with Gasteiger partial charge in [0.2, 0.25) is 0 Å². The highest BCUT2D eigenvalue weighted by molar-refractivity contribution is 8.01. The number of carbonyl (C=O) groups is 1. The summed E-state index contributed by atoms with van der Waals surface area (Å²) in [7, 11) is 0. The Morgan fingerprint density at radius 1 is 1.19 bits per heavy atom. The summed E-state index contributed by atoms with van der Waals surface area (Å²) in [6.07, 6.45) is 0. The molecule has 0 N–H and O–H groups in total. The Kier molecular flexibility index (Phi) is 5.49. The lowest BCUT2D eigenvalue weighted by Gasteiger charge is -2.18. The van der Waals surface area contributed by atoms with Gasteiger partial charge < -0.3 is 9.47 Å². The molecule has 9 heteroatoms. The zero-order valence-corrected chi connectivity index (χ0v) is 17.1. The second-order valence-corrected chi connectivity index (χ2v) is 8.87. The van der Waals surface area contributed by atoms with Crippen molar-refractivity contribution in [2.75, 3.05) is 19.0 Å². The van der Waals surface area contributed by atoms with E-state index in [9.17, 15) is 4.79 Å². The molecule has 27 heavy (non-hydrogen) atoms. The summed E-state index contributed by atoms with van der Waals surface area (Å²) < 4.78 is 14.0. The molecule has 1 aliphatic rings. The van der Waals surface area contributed by atoms with Crippen molar-refractivity contribution in [1.29, 1.82) is 0 Å². The predicted molar refractivity (Wildman–Crippen MR) is 110 cm³/mol. The van der Waals surface area contributed by atoms with Crippen LogP contribution >= 0.6 is 46.9 Å². The van der Waals surface area contributed by atoms with Gasteiger partial charge in [-0.05, 0) is 54.7 Å². The summed E-state index contributed by atoms with van der Waals surface area (Å²) in [5.74, 6) is 1.55. The van der Waals surface area contributed by atoms with Gasteiger partial charge >= 0.3 is 0 Å². The third kappa shape index (κ3) is 4.19. The molecule has 0 fully saturated rings. The van der Waals surface area contributed by atoms with Crippen molar-refractivity contribution >= 4 is 52.7 Å². The largest absolute Gasteiger partial charge is 0.486 e. The molecule has 1 aliphatic heterocycles. The quantitative estimate of drug-likeness (QED) is 0.316. The van der Waals surface area contributed by atoms with Gasteiger partial charge in [-0.15, -0.1) is 5.10 Å². The maximum atomic E-state index is 12.5. The number of aromatic nitrogens is 2. The Morgan fingerprint density at radius 3 is 2.70 bits per heavy atom. The SMILES string of the molecule is O=C(CSc1nn(-c2ccc(Cl)cc2)c(=S)s1)c1ccc2c(c1)OCCO2. The first-order valence-corrected chi connectivity index (χ1v) is 10.6. The first-order valence-electron chi connectivity index (χ1n) is 8.02. The maximum Gasteiger partial charge on any atom is 0.184 e. The highest BCUT2D eigenvalue weighted by Crippen LogP contribution is 2.32. The van der Waals surface area contributed by atoms with Crippen LogP contribution in [0.1, 0.15) is 10.4 Å². The van der Waals surface area contributed by atoms with Crippen molar-refractivity contribution in [3.05, 3.63) is 57.0 Å². The Labute approximate surface area is 173 Å². The van der Waals surface area contributed by atoms with Crippen LogP contribution in [0, 0.1) is 3.95 Å². The molecule has 2 aromatic carbocycles. The number of ketones is 1. The zero-order chi connectivity index (χ0) is 18.8. The number of nitrogens with zero attached hydrogens (tertiary/aromatic N) is 2. The van der Waals surface area contributed by atoms with Crippen LogP contribution in [0.15, 0.2) is 46.8 Å². The van der Waals surface area contributed by atoms with E-state index in [2.05, 4.69) is 5.10 Å². The van der Waals surface area contributed by atoms with E-state index in [1.54, 1.807) is 35.0 Å². The van der Waals surface area contributed by atoms with E-state index in [-0.39, 0.29) is 11.5 Å². The predicted octanol–water partition coefficient (Wildman–Crippen LogP) is 5.06. The summed E-state index contributed by atoms with van der Waals surface area (Å²) in [5.41, 5.74) is 1.43. The molecule has 0 atom stereocenters. The van der Waals surface area contributed by atoms with Crippen molar-refractivity contribution in [2.24, 2.45) is 0 Å². The number of fused-ring (bicyclic) bond motifs is 1. The van der Waals surface area contributed by atoms with Crippen LogP contribution in [-0.4, -0.2) is 34.5 Å². The fourth-order valence-corrected chi connectivity index (χ4v) is 4.87. The highest BCUT2D eigenvalue weighted by Gasteiger charge is 2.16. The number of ether oxygens (including phenoxy) is 2. The highest BCUT2D eigenvalue weighted by atomic mass is 35.5. The minimum atomic E-state index is -0.00358. The average Bonchev–Trinajstić information content (AvgIpc) is 3.07. The summed E-state index contributed by atoms with van der Waals surface area (Å²) in [6, 6.07) is 12.5. The molecule has 0 saturated heterocycles. The van der Waals surface area contributed by atoms with Crippen molar-refractivity contribution in [2.45, 2.75) is 4.34 Å². The Balaban J connectivity index is 1.46. The molecule has 138 valence electrons. The van der Waals surface area contributed by atoms with Gasteiger partial charge in [0.25, 0.3) is 0 Å². The molecule has 3 aromatic rings. The Bertz CT molecular complexity index is 1050. The monoisotopic (exact) mass is 436 g/mol. The van der Waals surface area contributed by atoms with Gasteiger partial charge in [0.1, 0.15) is 13.2 Å². The molecule has 0 unspecified atom stereocenters. The lowest BCUT2D eigenvalue weighted by molar-refractivity contribution is 0.102. The van der Waals surface area contributed by atoms with Gasteiger partial charge in [-0.1, -0.05) is 34.7 Å². The van der Waals surface area contributed by atoms with E-state index in [1.165, 1.54) is 23.1 Å². The fraction of sp³-hybridized carbons (Fsp3) is 0.167. The van der Waals surface area contributed by atoms with E-state index in [0.29, 0.717) is 39.3 Å². The number of halogens is 1.